The average molecular weight is 239 g/mol. The minimum absolute atomic E-state index is 0.630. The van der Waals surface area contributed by atoms with Crippen molar-refractivity contribution in [2.45, 2.75) is 37.0 Å². The van der Waals surface area contributed by atoms with Crippen molar-refractivity contribution in [3.05, 3.63) is 0 Å². The zero-order chi connectivity index (χ0) is 6.69. The number of hydrogen-bond acceptors (Lipinski definition) is 0. The molecule has 0 amide bonds. The molecule has 0 radical (unpaired) electrons. The Bertz CT molecular complexity index is 74.6. The zero-order valence-corrected chi connectivity index (χ0v) is 8.52. The summed E-state index contributed by atoms with van der Waals surface area (Å²) in [4.78, 5) is 0. The fourth-order valence-corrected chi connectivity index (χ4v) is 5.20. The van der Waals surface area contributed by atoms with Crippen LogP contribution in [0.25, 0.3) is 0 Å². The van der Waals surface area contributed by atoms with Gasteiger partial charge in [-0.05, 0) is 0 Å². The molecule has 0 aliphatic carbocycles. The molecule has 0 aromatic rings. The van der Waals surface area contributed by atoms with Crippen molar-refractivity contribution in [1.29, 1.82) is 0 Å². The fraction of sp³-hybridized carbons (Fsp3) is 1.00. The van der Waals surface area contributed by atoms with Gasteiger partial charge in [0.1, 0.15) is 0 Å². The molecule has 1 aliphatic rings. The molecule has 0 saturated carbocycles. The molecule has 2 unspecified atom stereocenters. The van der Waals surface area contributed by atoms with Crippen LogP contribution in [-0.4, -0.2) is 8.35 Å². The number of halogens is 1. The maximum absolute atomic E-state index is 2.43. The molecule has 9 heavy (non-hydrogen) atoms. The fourth-order valence-electron chi connectivity index (χ4n) is 1.26. The topological polar surface area (TPSA) is 0 Å². The van der Waals surface area contributed by atoms with Gasteiger partial charge in [0, 0.05) is 0 Å². The third kappa shape index (κ3) is 2.10. The summed E-state index contributed by atoms with van der Waals surface area (Å²) < 4.78 is 2.79. The van der Waals surface area contributed by atoms with Gasteiger partial charge in [-0.15, -0.1) is 0 Å². The molecule has 56 valence electrons. The van der Waals surface area contributed by atoms with E-state index >= 15 is 0 Å². The van der Waals surface area contributed by atoms with Gasteiger partial charge in [-0.2, -0.15) is 0 Å². The van der Waals surface area contributed by atoms with Gasteiger partial charge < -0.3 is 0 Å². The van der Waals surface area contributed by atoms with Gasteiger partial charge in [0.2, 0.25) is 0 Å². The molecule has 1 heterocycles. The normalized spacial score (nSPS) is 31.6. The third-order valence-corrected chi connectivity index (χ3v) is 6.55. The van der Waals surface area contributed by atoms with Crippen molar-refractivity contribution < 1.29 is 21.2 Å². The summed E-state index contributed by atoms with van der Waals surface area (Å²) in [5.41, 5.74) is 0. The minimum atomic E-state index is 0.630. The molecule has 0 nitrogen and oxygen atoms in total. The van der Waals surface area contributed by atoms with Gasteiger partial charge >= 0.3 is 68.6 Å². The van der Waals surface area contributed by atoms with Crippen LogP contribution in [0.2, 0.25) is 0 Å². The van der Waals surface area contributed by atoms with Crippen molar-refractivity contribution >= 4 is 0 Å². The molecule has 0 spiro atoms. The van der Waals surface area contributed by atoms with Crippen molar-refractivity contribution in [3.63, 3.8) is 0 Å². The Labute approximate surface area is 68.7 Å². The van der Waals surface area contributed by atoms with E-state index in [-0.39, 0.29) is 0 Å². The first kappa shape index (κ1) is 7.83. The number of hydrogen-bond donors (Lipinski definition) is 0. The Morgan fingerprint density at radius 3 is 2.89 bits per heavy atom. The molecule has 0 aromatic heterocycles. The number of rotatable bonds is 2. The van der Waals surface area contributed by atoms with Crippen LogP contribution in [0.15, 0.2) is 0 Å². The van der Waals surface area contributed by atoms with E-state index in [1.165, 1.54) is 10.3 Å². The molecule has 2 atom stereocenters. The Hall–Kier alpha value is 0.730. The SMILES string of the molecule is CCC(C)C1CCC[I-]1. The van der Waals surface area contributed by atoms with Crippen LogP contribution < -0.4 is 21.2 Å². The summed E-state index contributed by atoms with van der Waals surface area (Å²) in [6.07, 6.45) is 4.51. The quantitative estimate of drug-likeness (QED) is 0.441. The second-order valence-electron chi connectivity index (χ2n) is 2.89. The second kappa shape index (κ2) is 3.79. The molecule has 1 heteroatoms. The van der Waals surface area contributed by atoms with E-state index in [2.05, 4.69) is 13.8 Å². The van der Waals surface area contributed by atoms with Crippen molar-refractivity contribution in [2.75, 3.05) is 4.43 Å². The molecule has 0 N–H and O–H groups in total. The summed E-state index contributed by atoms with van der Waals surface area (Å²) in [5, 5.41) is 0. The van der Waals surface area contributed by atoms with Gasteiger partial charge in [-0.25, -0.2) is 0 Å². The number of alkyl halides is 2. The van der Waals surface area contributed by atoms with Crippen LogP contribution in [0.5, 0.6) is 0 Å². The van der Waals surface area contributed by atoms with Gasteiger partial charge in [0.15, 0.2) is 0 Å². The van der Waals surface area contributed by atoms with E-state index < -0.39 is 0 Å². The average Bonchev–Trinajstić information content (AvgIpc) is 2.37. The van der Waals surface area contributed by atoms with Gasteiger partial charge in [0.05, 0.1) is 0 Å². The molecule has 0 bridgehead atoms. The third-order valence-electron chi connectivity index (χ3n) is 2.18. The zero-order valence-electron chi connectivity index (χ0n) is 6.36. The first-order chi connectivity index (χ1) is 4.34. The van der Waals surface area contributed by atoms with Crippen LogP contribution in [-0.2, 0) is 0 Å². The van der Waals surface area contributed by atoms with E-state index in [1.807, 2.05) is 0 Å². The van der Waals surface area contributed by atoms with Gasteiger partial charge in [-0.1, -0.05) is 0 Å². The molecular weight excluding hydrogens is 223 g/mol. The summed E-state index contributed by atoms with van der Waals surface area (Å²) >= 11 is 0.630. The summed E-state index contributed by atoms with van der Waals surface area (Å²) in [6, 6.07) is 0. The predicted octanol–water partition coefficient (Wildman–Crippen LogP) is -0.716. The first-order valence-corrected chi connectivity index (χ1v) is 6.69. The molecule has 1 aliphatic heterocycles. The van der Waals surface area contributed by atoms with Crippen LogP contribution in [0.4, 0.5) is 0 Å². The van der Waals surface area contributed by atoms with Crippen LogP contribution >= 0.6 is 0 Å². The Balaban J connectivity index is 2.24. The van der Waals surface area contributed by atoms with E-state index in [9.17, 15) is 0 Å². The van der Waals surface area contributed by atoms with E-state index in [0.29, 0.717) is 21.2 Å². The van der Waals surface area contributed by atoms with Crippen molar-refractivity contribution in [2.24, 2.45) is 5.92 Å². The summed E-state index contributed by atoms with van der Waals surface area (Å²) in [6.45, 7) is 4.75. The van der Waals surface area contributed by atoms with Crippen LogP contribution in [0, 0.1) is 5.92 Å². The van der Waals surface area contributed by atoms with Gasteiger partial charge in [0.25, 0.3) is 0 Å². The van der Waals surface area contributed by atoms with E-state index in [0.717, 1.165) is 5.92 Å². The second-order valence-corrected chi connectivity index (χ2v) is 6.45. The standard InChI is InChI=1S/C8H16I/c1-3-7(2)8-5-4-6-9-8/h7-8H,3-6H2,1-2H3/q-1. The molecular formula is C8H16I-. The predicted molar refractivity (Wildman–Crippen MR) is 37.3 cm³/mol. The Morgan fingerprint density at radius 1 is 1.67 bits per heavy atom. The Kier molecular flexibility index (Phi) is 3.30. The summed E-state index contributed by atoms with van der Waals surface area (Å²) in [7, 11) is 0. The van der Waals surface area contributed by atoms with E-state index in [4.69, 9.17) is 0 Å². The molecule has 1 fully saturated rings. The molecule has 0 aromatic carbocycles. The molecule has 1 rings (SSSR count). The van der Waals surface area contributed by atoms with Crippen LogP contribution in [0.3, 0.4) is 0 Å². The van der Waals surface area contributed by atoms with Crippen molar-refractivity contribution in [3.8, 4) is 0 Å². The maximum atomic E-state index is 2.43. The van der Waals surface area contributed by atoms with E-state index in [1.54, 1.807) is 17.3 Å². The van der Waals surface area contributed by atoms with Crippen molar-refractivity contribution in [1.82, 2.24) is 0 Å². The van der Waals surface area contributed by atoms with Gasteiger partial charge in [-0.3, -0.25) is 0 Å². The van der Waals surface area contributed by atoms with Crippen LogP contribution in [0.1, 0.15) is 33.1 Å². The Morgan fingerprint density at radius 2 is 2.44 bits per heavy atom. The monoisotopic (exact) mass is 239 g/mol. The summed E-state index contributed by atoms with van der Waals surface area (Å²) in [5.74, 6) is 1.04. The first-order valence-electron chi connectivity index (χ1n) is 3.92. The molecule has 1 saturated heterocycles.